The number of rotatable bonds is 4. The molecule has 17 heavy (non-hydrogen) atoms. The van der Waals surface area contributed by atoms with Gasteiger partial charge in [-0.3, -0.25) is 0 Å². The molecule has 0 aliphatic carbocycles. The van der Waals surface area contributed by atoms with Gasteiger partial charge in [-0.2, -0.15) is 0 Å². The van der Waals surface area contributed by atoms with Crippen LogP contribution in [0.4, 0.5) is 0 Å². The van der Waals surface area contributed by atoms with Gasteiger partial charge in [0, 0.05) is 23.5 Å². The van der Waals surface area contributed by atoms with E-state index in [0.717, 1.165) is 24.2 Å². The van der Waals surface area contributed by atoms with E-state index in [-0.39, 0.29) is 6.10 Å². The lowest BCUT2D eigenvalue weighted by atomic mass is 9.89. The molecule has 1 saturated heterocycles. The van der Waals surface area contributed by atoms with Crippen LogP contribution in [-0.2, 0) is 4.74 Å². The fraction of sp³-hybridized carbons (Fsp3) is 0.571. The molecule has 2 rings (SSSR count). The Morgan fingerprint density at radius 3 is 3.00 bits per heavy atom. The molecule has 0 spiro atoms. The van der Waals surface area contributed by atoms with Crippen molar-refractivity contribution in [2.45, 2.75) is 25.9 Å². The molecule has 2 unspecified atom stereocenters. The molecule has 1 aromatic rings. The van der Waals surface area contributed by atoms with Crippen LogP contribution in [-0.4, -0.2) is 19.7 Å². The molecular formula is C14H20BrNO. The van der Waals surface area contributed by atoms with Crippen molar-refractivity contribution in [3.05, 3.63) is 34.3 Å². The number of benzene rings is 1. The maximum atomic E-state index is 5.98. The topological polar surface area (TPSA) is 21.3 Å². The molecule has 0 amide bonds. The van der Waals surface area contributed by atoms with E-state index < -0.39 is 0 Å². The summed E-state index contributed by atoms with van der Waals surface area (Å²) in [5.74, 6) is 0.586. The second-order valence-corrected chi connectivity index (χ2v) is 5.38. The van der Waals surface area contributed by atoms with Crippen molar-refractivity contribution in [3.8, 4) is 0 Å². The molecule has 2 nitrogen and oxygen atoms in total. The summed E-state index contributed by atoms with van der Waals surface area (Å²) in [6, 6.07) is 8.40. The van der Waals surface area contributed by atoms with E-state index in [1.165, 1.54) is 18.4 Å². The highest BCUT2D eigenvalue weighted by atomic mass is 79.9. The zero-order valence-corrected chi connectivity index (χ0v) is 11.9. The van der Waals surface area contributed by atoms with Gasteiger partial charge in [0.15, 0.2) is 0 Å². The highest BCUT2D eigenvalue weighted by Crippen LogP contribution is 2.36. The van der Waals surface area contributed by atoms with Crippen LogP contribution in [0, 0.1) is 5.92 Å². The summed E-state index contributed by atoms with van der Waals surface area (Å²) >= 11 is 3.63. The maximum absolute atomic E-state index is 5.98. The van der Waals surface area contributed by atoms with E-state index in [1.807, 2.05) is 0 Å². The third-order valence-corrected chi connectivity index (χ3v) is 4.04. The lowest BCUT2D eigenvalue weighted by molar-refractivity contribution is -0.0280. The number of nitrogens with one attached hydrogen (secondary N) is 1. The zero-order valence-electron chi connectivity index (χ0n) is 10.3. The molecule has 1 fully saturated rings. The third kappa shape index (κ3) is 3.30. The van der Waals surface area contributed by atoms with Gasteiger partial charge < -0.3 is 10.1 Å². The zero-order chi connectivity index (χ0) is 12.1. The predicted molar refractivity (Wildman–Crippen MR) is 74.1 cm³/mol. The van der Waals surface area contributed by atoms with Crippen LogP contribution in [0.3, 0.4) is 0 Å². The van der Waals surface area contributed by atoms with E-state index in [9.17, 15) is 0 Å². The summed E-state index contributed by atoms with van der Waals surface area (Å²) in [4.78, 5) is 0. The molecule has 1 aliphatic rings. The molecular weight excluding hydrogens is 278 g/mol. The predicted octanol–water partition coefficient (Wildman–Crippen LogP) is 3.53. The Morgan fingerprint density at radius 2 is 2.24 bits per heavy atom. The Kier molecular flexibility index (Phi) is 5.01. The van der Waals surface area contributed by atoms with Crippen molar-refractivity contribution in [2.24, 2.45) is 5.92 Å². The Balaban J connectivity index is 2.13. The van der Waals surface area contributed by atoms with Crippen molar-refractivity contribution in [1.29, 1.82) is 0 Å². The van der Waals surface area contributed by atoms with Gasteiger partial charge in [-0.05, 0) is 31.0 Å². The molecule has 0 radical (unpaired) electrons. The first kappa shape index (κ1) is 13.1. The minimum Gasteiger partial charge on any atom is -0.373 e. The first-order valence-corrected chi connectivity index (χ1v) is 7.19. The molecule has 94 valence electrons. The van der Waals surface area contributed by atoms with Crippen LogP contribution in [0.2, 0.25) is 0 Å². The number of hydrogen-bond donors (Lipinski definition) is 1. The Bertz CT molecular complexity index is 356. The van der Waals surface area contributed by atoms with E-state index in [4.69, 9.17) is 4.74 Å². The first-order chi connectivity index (χ1) is 8.33. The molecule has 2 atom stereocenters. The third-order valence-electron chi connectivity index (χ3n) is 3.31. The number of ether oxygens (including phenoxy) is 1. The molecule has 0 bridgehead atoms. The summed E-state index contributed by atoms with van der Waals surface area (Å²) < 4.78 is 7.15. The van der Waals surface area contributed by atoms with Crippen LogP contribution in [0.1, 0.15) is 31.4 Å². The van der Waals surface area contributed by atoms with Gasteiger partial charge in [-0.15, -0.1) is 0 Å². The van der Waals surface area contributed by atoms with Gasteiger partial charge in [0.2, 0.25) is 0 Å². The fourth-order valence-corrected chi connectivity index (χ4v) is 2.94. The summed E-state index contributed by atoms with van der Waals surface area (Å²) in [7, 11) is 0. The van der Waals surface area contributed by atoms with Gasteiger partial charge in [0.05, 0.1) is 6.10 Å². The lowest BCUT2D eigenvalue weighted by Crippen LogP contribution is -2.32. The molecule has 3 heteroatoms. The Hall–Kier alpha value is -0.380. The summed E-state index contributed by atoms with van der Waals surface area (Å²) in [5.41, 5.74) is 1.29. The van der Waals surface area contributed by atoms with E-state index in [1.54, 1.807) is 0 Å². The van der Waals surface area contributed by atoms with Gasteiger partial charge in [-0.25, -0.2) is 0 Å². The van der Waals surface area contributed by atoms with Crippen LogP contribution in [0.25, 0.3) is 0 Å². The van der Waals surface area contributed by atoms with Gasteiger partial charge >= 0.3 is 0 Å². The van der Waals surface area contributed by atoms with Crippen molar-refractivity contribution in [1.82, 2.24) is 5.32 Å². The molecule has 1 aliphatic heterocycles. The van der Waals surface area contributed by atoms with Crippen LogP contribution in [0.5, 0.6) is 0 Å². The monoisotopic (exact) mass is 297 g/mol. The summed E-state index contributed by atoms with van der Waals surface area (Å²) in [6.07, 6.45) is 2.66. The second-order valence-electron chi connectivity index (χ2n) is 4.52. The smallest absolute Gasteiger partial charge is 0.0876 e. The maximum Gasteiger partial charge on any atom is 0.0876 e. The standard InChI is InChI=1S/C14H20BrNO/c1-2-16-10-11-6-5-9-17-14(11)12-7-3-4-8-13(12)15/h3-4,7-8,11,14,16H,2,5-6,9-10H2,1H3. The minimum atomic E-state index is 0.235. The average molecular weight is 298 g/mol. The molecule has 1 N–H and O–H groups in total. The van der Waals surface area contributed by atoms with E-state index >= 15 is 0 Å². The largest absolute Gasteiger partial charge is 0.373 e. The van der Waals surface area contributed by atoms with Gasteiger partial charge in [-0.1, -0.05) is 41.1 Å². The normalized spacial score (nSPS) is 24.8. The second kappa shape index (κ2) is 6.53. The number of hydrogen-bond acceptors (Lipinski definition) is 2. The highest BCUT2D eigenvalue weighted by molar-refractivity contribution is 9.10. The fourth-order valence-electron chi connectivity index (χ4n) is 2.43. The van der Waals surface area contributed by atoms with Crippen LogP contribution < -0.4 is 5.32 Å². The Morgan fingerprint density at radius 1 is 1.41 bits per heavy atom. The van der Waals surface area contributed by atoms with Crippen molar-refractivity contribution < 1.29 is 4.74 Å². The van der Waals surface area contributed by atoms with E-state index in [2.05, 4.69) is 52.4 Å². The minimum absolute atomic E-state index is 0.235. The van der Waals surface area contributed by atoms with Crippen LogP contribution in [0.15, 0.2) is 28.7 Å². The quantitative estimate of drug-likeness (QED) is 0.918. The van der Waals surface area contributed by atoms with Crippen LogP contribution >= 0.6 is 15.9 Å². The lowest BCUT2D eigenvalue weighted by Gasteiger charge is -2.32. The average Bonchev–Trinajstić information content (AvgIpc) is 2.37. The molecule has 1 heterocycles. The summed E-state index contributed by atoms with van der Waals surface area (Å²) in [5, 5.41) is 3.44. The van der Waals surface area contributed by atoms with E-state index in [0.29, 0.717) is 5.92 Å². The number of halogens is 1. The van der Waals surface area contributed by atoms with Gasteiger partial charge in [0.25, 0.3) is 0 Å². The SMILES string of the molecule is CCNCC1CCCOC1c1ccccc1Br. The summed E-state index contributed by atoms with van der Waals surface area (Å²) in [6.45, 7) is 5.10. The van der Waals surface area contributed by atoms with Crippen molar-refractivity contribution in [3.63, 3.8) is 0 Å². The molecule has 0 saturated carbocycles. The van der Waals surface area contributed by atoms with Gasteiger partial charge in [0.1, 0.15) is 0 Å². The van der Waals surface area contributed by atoms with Crippen molar-refractivity contribution >= 4 is 15.9 Å². The highest BCUT2D eigenvalue weighted by Gasteiger charge is 2.28. The molecule has 0 aromatic heterocycles. The van der Waals surface area contributed by atoms with Crippen molar-refractivity contribution in [2.75, 3.05) is 19.7 Å². The first-order valence-electron chi connectivity index (χ1n) is 6.39. The molecule has 1 aromatic carbocycles. The Labute approximate surface area is 112 Å².